The zero-order valence-corrected chi connectivity index (χ0v) is 17.5. The van der Waals surface area contributed by atoms with E-state index < -0.39 is 31.1 Å². The van der Waals surface area contributed by atoms with Crippen molar-refractivity contribution in [2.24, 2.45) is 7.05 Å². The Labute approximate surface area is 168 Å². The van der Waals surface area contributed by atoms with Crippen molar-refractivity contribution in [3.63, 3.8) is 0 Å². The smallest absolute Gasteiger partial charge is 0.421 e. The lowest BCUT2D eigenvalue weighted by atomic mass is 10.4. The molecule has 0 bridgehead atoms. The van der Waals surface area contributed by atoms with Crippen molar-refractivity contribution >= 4 is 20.0 Å². The van der Waals surface area contributed by atoms with Crippen LogP contribution >= 0.6 is 0 Å². The maximum atomic E-state index is 11.4. The van der Waals surface area contributed by atoms with Crippen molar-refractivity contribution < 1.29 is 47.7 Å². The van der Waals surface area contributed by atoms with E-state index in [0.717, 1.165) is 16.5 Å². The van der Waals surface area contributed by atoms with Crippen LogP contribution in [0.4, 0.5) is 26.3 Å². The van der Waals surface area contributed by atoms with Crippen molar-refractivity contribution in [2.75, 3.05) is 0 Å². The lowest BCUT2D eigenvalue weighted by molar-refractivity contribution is -0.677. The van der Waals surface area contributed by atoms with Crippen molar-refractivity contribution in [2.45, 2.75) is 38.5 Å². The first-order valence-electron chi connectivity index (χ1n) is 7.68. The predicted molar refractivity (Wildman–Crippen MR) is 90.8 cm³/mol. The van der Waals surface area contributed by atoms with Gasteiger partial charge in [0.25, 0.3) is 5.82 Å². The summed E-state index contributed by atoms with van der Waals surface area (Å²) in [6.45, 7) is 6.99. The summed E-state index contributed by atoms with van der Waals surface area (Å²) < 4.78 is 115. The molecule has 0 spiro atoms. The van der Waals surface area contributed by atoms with Gasteiger partial charge in [0.05, 0.1) is 12.7 Å². The monoisotopic (exact) mass is 485 g/mol. The molecule has 0 aliphatic rings. The number of hydrogen-bond acceptors (Lipinski definition) is 5. The van der Waals surface area contributed by atoms with Gasteiger partial charge in [-0.1, -0.05) is 0 Å². The highest BCUT2D eigenvalue weighted by atomic mass is 32.3. The number of halogens is 6. The molecule has 0 unspecified atom stereocenters. The van der Waals surface area contributed by atoms with E-state index in [9.17, 15) is 43.2 Å². The Bertz CT molecular complexity index is 1060. The Morgan fingerprint density at radius 1 is 1.00 bits per heavy atom. The van der Waals surface area contributed by atoms with Gasteiger partial charge in [0.15, 0.2) is 26.7 Å². The van der Waals surface area contributed by atoms with Gasteiger partial charge >= 0.3 is 11.0 Å². The van der Waals surface area contributed by atoms with Gasteiger partial charge in [-0.2, -0.15) is 31.4 Å². The van der Waals surface area contributed by atoms with E-state index in [-0.39, 0.29) is 0 Å². The van der Waals surface area contributed by atoms with E-state index in [2.05, 4.69) is 46.5 Å². The predicted octanol–water partition coefficient (Wildman–Crippen LogP) is 2.00. The maximum Gasteiger partial charge on any atom is 0.480 e. The molecule has 0 fully saturated rings. The molecule has 0 atom stereocenters. The fourth-order valence-corrected chi connectivity index (χ4v) is 3.63. The van der Waals surface area contributed by atoms with Crippen molar-refractivity contribution in [3.05, 3.63) is 39.8 Å². The highest BCUT2D eigenvalue weighted by Crippen LogP contribution is 2.36. The Kier molecular flexibility index (Phi) is 7.37. The van der Waals surface area contributed by atoms with E-state index in [1.807, 2.05) is 18.7 Å². The molecule has 2 rings (SSSR count). The fraction of sp³-hybridized carbons (Fsp3) is 0.538. The van der Waals surface area contributed by atoms with Gasteiger partial charge in [-0.15, -0.1) is 0 Å². The van der Waals surface area contributed by atoms with Gasteiger partial charge in [-0.05, 0) is 19.9 Å². The minimum absolute atomic E-state index is 0.778. The minimum Gasteiger partial charge on any atom is -0.421 e. The standard InChI is InChI=1S/C11H17N4.C2F6NO4S2/c1-9-7-10(2)15(12-9)8-14-6-5-13(4)11(14)3;3-1(4,5)14(10,11)9-15(12,13)2(6,7)8/h5-7H,8H2,1-4H3;/q+1;-1. The van der Waals surface area contributed by atoms with E-state index in [1.54, 1.807) is 0 Å². The van der Waals surface area contributed by atoms with E-state index in [1.165, 1.54) is 11.5 Å². The number of aryl methyl sites for hydroxylation is 3. The van der Waals surface area contributed by atoms with Gasteiger partial charge in [0, 0.05) is 12.6 Å². The number of nitrogens with zero attached hydrogens (tertiary/aromatic N) is 5. The van der Waals surface area contributed by atoms with Crippen LogP contribution in [0.2, 0.25) is 0 Å². The average Bonchev–Trinajstić information content (AvgIpc) is 3.00. The first-order valence-corrected chi connectivity index (χ1v) is 10.6. The largest absolute Gasteiger partial charge is 0.480 e. The van der Waals surface area contributed by atoms with E-state index in [0.29, 0.717) is 0 Å². The summed E-state index contributed by atoms with van der Waals surface area (Å²) in [6, 6.07) is 2.10. The zero-order chi connectivity index (χ0) is 23.7. The van der Waals surface area contributed by atoms with Gasteiger partial charge in [0.2, 0.25) is 0 Å². The van der Waals surface area contributed by atoms with Crippen LogP contribution in [0.1, 0.15) is 17.2 Å². The molecule has 0 aliphatic carbocycles. The molecule has 0 N–H and O–H groups in total. The first kappa shape index (κ1) is 25.9. The minimum atomic E-state index is -6.72. The van der Waals surface area contributed by atoms with Crippen molar-refractivity contribution in [1.82, 2.24) is 14.3 Å². The Morgan fingerprint density at radius 2 is 1.47 bits per heavy atom. The molecule has 2 aromatic heterocycles. The lowest BCUT2D eigenvalue weighted by Gasteiger charge is -2.22. The zero-order valence-electron chi connectivity index (χ0n) is 15.9. The number of hydrogen-bond donors (Lipinski definition) is 0. The van der Waals surface area contributed by atoms with Crippen LogP contribution in [0.25, 0.3) is 4.13 Å². The van der Waals surface area contributed by atoms with Crippen LogP contribution in [-0.4, -0.2) is 42.2 Å². The molecule has 9 nitrogen and oxygen atoms in total. The Balaban J connectivity index is 0.000000300. The summed E-state index contributed by atoms with van der Waals surface area (Å²) in [7, 11) is -11.4. The van der Waals surface area contributed by atoms with Gasteiger partial charge in [-0.3, -0.25) is 0 Å². The normalized spacial score (nSPS) is 13.1. The number of aromatic nitrogens is 4. The third-order valence-electron chi connectivity index (χ3n) is 3.57. The Morgan fingerprint density at radius 3 is 1.77 bits per heavy atom. The summed E-state index contributed by atoms with van der Waals surface area (Å²) in [5.41, 5.74) is -10.1. The number of rotatable bonds is 4. The van der Waals surface area contributed by atoms with Crippen molar-refractivity contribution in [1.29, 1.82) is 0 Å². The number of sulfonamides is 2. The molecule has 0 radical (unpaired) electrons. The van der Waals surface area contributed by atoms with Gasteiger partial charge < -0.3 is 4.13 Å². The molecule has 0 aliphatic heterocycles. The third-order valence-corrected chi connectivity index (χ3v) is 6.31. The summed E-state index contributed by atoms with van der Waals surface area (Å²) in [6.07, 6.45) is 4.13. The van der Waals surface area contributed by atoms with Crippen LogP contribution in [-0.2, 0) is 33.8 Å². The number of imidazole rings is 1. The molecule has 0 aromatic carbocycles. The molecular weight excluding hydrogens is 468 g/mol. The van der Waals surface area contributed by atoms with Crippen LogP contribution < -0.4 is 4.57 Å². The highest BCUT2D eigenvalue weighted by molar-refractivity contribution is 8.13. The van der Waals surface area contributed by atoms with E-state index >= 15 is 0 Å². The highest BCUT2D eigenvalue weighted by Gasteiger charge is 2.46. The second-order valence-electron chi connectivity index (χ2n) is 5.91. The topological polar surface area (TPSA) is 109 Å². The average molecular weight is 485 g/mol. The molecule has 30 heavy (non-hydrogen) atoms. The third kappa shape index (κ3) is 6.18. The van der Waals surface area contributed by atoms with Crippen LogP contribution in [0.5, 0.6) is 0 Å². The number of alkyl halides is 6. The molecule has 2 heterocycles. The lowest BCUT2D eigenvalue weighted by Crippen LogP contribution is -2.30. The maximum absolute atomic E-state index is 11.4. The first-order chi connectivity index (χ1) is 13.3. The molecule has 0 amide bonds. The van der Waals surface area contributed by atoms with Gasteiger partial charge in [-0.25, -0.2) is 30.7 Å². The Hall–Kier alpha value is -2.14. The van der Waals surface area contributed by atoms with Crippen LogP contribution in [0.15, 0.2) is 18.5 Å². The fourth-order valence-electron chi connectivity index (χ4n) is 1.92. The second-order valence-corrected chi connectivity index (χ2v) is 9.33. The quantitative estimate of drug-likeness (QED) is 0.486. The second kappa shape index (κ2) is 8.54. The summed E-state index contributed by atoms with van der Waals surface area (Å²) in [5.74, 6) is 1.22. The van der Waals surface area contributed by atoms with Crippen LogP contribution in [0.3, 0.4) is 0 Å². The molecule has 0 saturated carbocycles. The summed E-state index contributed by atoms with van der Waals surface area (Å²) in [5, 5.41) is 4.44. The molecule has 172 valence electrons. The van der Waals surface area contributed by atoms with E-state index in [4.69, 9.17) is 0 Å². The molecule has 0 saturated heterocycles. The molecule has 17 heteroatoms. The van der Waals surface area contributed by atoms with Gasteiger partial charge in [0.1, 0.15) is 12.4 Å². The van der Waals surface area contributed by atoms with Crippen LogP contribution in [0, 0.1) is 20.8 Å². The summed E-state index contributed by atoms with van der Waals surface area (Å²) >= 11 is 0. The molecule has 2 aromatic rings. The summed E-state index contributed by atoms with van der Waals surface area (Å²) in [4.78, 5) is 0. The SMILES string of the molecule is Cc1cc(C)n(Cn2cc[n+](C)c2C)n1.O=S(=O)([N-]S(=O)(=O)C(F)(F)F)C(F)(F)F. The molecular formula is C13H17F6N5O4S2. The van der Waals surface area contributed by atoms with Crippen molar-refractivity contribution in [3.8, 4) is 0 Å².